The van der Waals surface area contributed by atoms with Crippen LogP contribution in [0.1, 0.15) is 12.0 Å². The molecule has 0 spiro atoms. The minimum absolute atomic E-state index is 0.270. The molecule has 2 aliphatic heterocycles. The number of likely N-dealkylation sites (tertiary alicyclic amines) is 1. The van der Waals surface area contributed by atoms with Crippen molar-refractivity contribution in [3.63, 3.8) is 0 Å². The van der Waals surface area contributed by atoms with Gasteiger partial charge in [0.1, 0.15) is 0 Å². The van der Waals surface area contributed by atoms with E-state index in [0.717, 1.165) is 47.7 Å². The van der Waals surface area contributed by atoms with Crippen LogP contribution in [0.25, 0.3) is 0 Å². The number of nitrogens with zero attached hydrogens (tertiary/aromatic N) is 1. The largest absolute Gasteiger partial charge is 0.342 e. The van der Waals surface area contributed by atoms with Crippen molar-refractivity contribution in [1.82, 2.24) is 10.2 Å². The zero-order chi connectivity index (χ0) is 14.1. The number of hydrogen-bond acceptors (Lipinski definition) is 2. The van der Waals surface area contributed by atoms with Crippen molar-refractivity contribution in [3.05, 3.63) is 33.3 Å². The van der Waals surface area contributed by atoms with Crippen LogP contribution in [0.2, 0.25) is 5.02 Å². The highest BCUT2D eigenvalue weighted by atomic mass is 79.9. The van der Waals surface area contributed by atoms with E-state index in [9.17, 15) is 4.79 Å². The smallest absolute Gasteiger partial charge is 0.222 e. The van der Waals surface area contributed by atoms with Gasteiger partial charge < -0.3 is 10.2 Å². The molecule has 108 valence electrons. The highest BCUT2D eigenvalue weighted by Gasteiger charge is 2.37. The van der Waals surface area contributed by atoms with Crippen LogP contribution < -0.4 is 5.32 Å². The molecular weight excluding hydrogens is 340 g/mol. The van der Waals surface area contributed by atoms with Crippen molar-refractivity contribution in [2.24, 2.45) is 11.8 Å². The molecule has 1 N–H and O–H groups in total. The van der Waals surface area contributed by atoms with E-state index in [2.05, 4.69) is 21.2 Å². The van der Waals surface area contributed by atoms with Gasteiger partial charge in [-0.3, -0.25) is 4.79 Å². The standard InChI is InChI=1S/C15H18BrClN2O/c16-14-3-2-13(17)5-10(14)1-4-15(20)19-8-11-6-18-7-12(11)9-19/h2-3,5,11-12,18H,1,4,6-9H2/t11-,12+. The summed E-state index contributed by atoms with van der Waals surface area (Å²) in [7, 11) is 0. The maximum atomic E-state index is 12.3. The molecule has 1 aromatic rings. The number of fused-ring (bicyclic) bond motifs is 1. The summed E-state index contributed by atoms with van der Waals surface area (Å²) in [4.78, 5) is 14.3. The van der Waals surface area contributed by atoms with Crippen LogP contribution in [0.4, 0.5) is 0 Å². The van der Waals surface area contributed by atoms with Crippen molar-refractivity contribution in [2.45, 2.75) is 12.8 Å². The van der Waals surface area contributed by atoms with Gasteiger partial charge in [0.2, 0.25) is 5.91 Å². The minimum atomic E-state index is 0.270. The third-order valence-corrected chi connectivity index (χ3v) is 5.37. The molecule has 1 aromatic carbocycles. The second-order valence-corrected chi connectivity index (χ2v) is 7.00. The summed E-state index contributed by atoms with van der Waals surface area (Å²) in [5.41, 5.74) is 1.10. The molecule has 1 amide bonds. The summed E-state index contributed by atoms with van der Waals surface area (Å²) >= 11 is 9.51. The lowest BCUT2D eigenvalue weighted by atomic mass is 10.0. The summed E-state index contributed by atoms with van der Waals surface area (Å²) < 4.78 is 1.03. The predicted octanol–water partition coefficient (Wildman–Crippen LogP) is 2.71. The van der Waals surface area contributed by atoms with Crippen molar-refractivity contribution >= 4 is 33.4 Å². The normalized spacial score (nSPS) is 25.0. The molecule has 0 aromatic heterocycles. The van der Waals surface area contributed by atoms with Crippen LogP contribution in [0.3, 0.4) is 0 Å². The zero-order valence-corrected chi connectivity index (χ0v) is 13.6. The second kappa shape index (κ2) is 6.04. The third kappa shape index (κ3) is 3.02. The molecule has 0 bridgehead atoms. The Morgan fingerprint density at radius 3 is 2.75 bits per heavy atom. The van der Waals surface area contributed by atoms with Gasteiger partial charge in [-0.2, -0.15) is 0 Å². The molecule has 2 fully saturated rings. The Morgan fingerprint density at radius 1 is 1.35 bits per heavy atom. The first-order valence-corrected chi connectivity index (χ1v) is 8.23. The Bertz CT molecular complexity index is 511. The van der Waals surface area contributed by atoms with Crippen molar-refractivity contribution in [1.29, 1.82) is 0 Å². The summed E-state index contributed by atoms with van der Waals surface area (Å²) in [6, 6.07) is 5.72. The Hall–Kier alpha value is -0.580. The van der Waals surface area contributed by atoms with Gasteiger partial charge in [-0.05, 0) is 42.0 Å². The molecule has 3 nitrogen and oxygen atoms in total. The van der Waals surface area contributed by atoms with Crippen molar-refractivity contribution < 1.29 is 4.79 Å². The Kier molecular flexibility index (Phi) is 4.34. The Morgan fingerprint density at radius 2 is 2.05 bits per heavy atom. The number of amides is 1. The molecule has 2 heterocycles. The number of nitrogens with one attached hydrogen (secondary N) is 1. The van der Waals surface area contributed by atoms with Gasteiger partial charge in [0.15, 0.2) is 0 Å². The monoisotopic (exact) mass is 356 g/mol. The van der Waals surface area contributed by atoms with Gasteiger partial charge in [-0.15, -0.1) is 0 Å². The van der Waals surface area contributed by atoms with E-state index < -0.39 is 0 Å². The number of carbonyl (C=O) groups is 1. The first kappa shape index (κ1) is 14.4. The van der Waals surface area contributed by atoms with Crippen molar-refractivity contribution in [2.75, 3.05) is 26.2 Å². The van der Waals surface area contributed by atoms with Gasteiger partial charge in [0.05, 0.1) is 0 Å². The molecule has 0 aliphatic carbocycles. The van der Waals surface area contributed by atoms with Crippen LogP contribution in [0.5, 0.6) is 0 Å². The molecule has 5 heteroatoms. The number of benzene rings is 1. The molecule has 0 saturated carbocycles. The molecular formula is C15H18BrClN2O. The van der Waals surface area contributed by atoms with Crippen LogP contribution in [0.15, 0.2) is 22.7 Å². The molecule has 0 unspecified atom stereocenters. The fourth-order valence-electron chi connectivity index (χ4n) is 3.19. The summed E-state index contributed by atoms with van der Waals surface area (Å²) in [6.45, 7) is 3.98. The second-order valence-electron chi connectivity index (χ2n) is 5.71. The lowest BCUT2D eigenvalue weighted by Crippen LogP contribution is -2.32. The average molecular weight is 358 g/mol. The van der Waals surface area contributed by atoms with Crippen LogP contribution in [-0.2, 0) is 11.2 Å². The summed E-state index contributed by atoms with van der Waals surface area (Å²) in [5.74, 6) is 1.60. The fourth-order valence-corrected chi connectivity index (χ4v) is 3.83. The zero-order valence-electron chi connectivity index (χ0n) is 11.2. The van der Waals surface area contributed by atoms with E-state index >= 15 is 0 Å². The number of rotatable bonds is 3. The highest BCUT2D eigenvalue weighted by Crippen LogP contribution is 2.27. The van der Waals surface area contributed by atoms with Crippen molar-refractivity contribution in [3.8, 4) is 0 Å². The maximum absolute atomic E-state index is 12.3. The van der Waals surface area contributed by atoms with E-state index in [0.29, 0.717) is 18.3 Å². The van der Waals surface area contributed by atoms with Gasteiger partial charge >= 0.3 is 0 Å². The summed E-state index contributed by atoms with van der Waals surface area (Å²) in [6.07, 6.45) is 1.30. The lowest BCUT2D eigenvalue weighted by molar-refractivity contribution is -0.130. The van der Waals surface area contributed by atoms with E-state index in [1.165, 1.54) is 0 Å². The quantitative estimate of drug-likeness (QED) is 0.902. The summed E-state index contributed by atoms with van der Waals surface area (Å²) in [5, 5.41) is 4.12. The van der Waals surface area contributed by atoms with E-state index in [4.69, 9.17) is 11.6 Å². The van der Waals surface area contributed by atoms with Crippen LogP contribution >= 0.6 is 27.5 Å². The Labute approximate surface area is 132 Å². The van der Waals surface area contributed by atoms with E-state index in [1.807, 2.05) is 23.1 Å². The minimum Gasteiger partial charge on any atom is -0.342 e. The highest BCUT2D eigenvalue weighted by molar-refractivity contribution is 9.10. The van der Waals surface area contributed by atoms with Crippen LogP contribution in [-0.4, -0.2) is 37.0 Å². The fraction of sp³-hybridized carbons (Fsp3) is 0.533. The Balaban J connectivity index is 1.56. The number of halogens is 2. The van der Waals surface area contributed by atoms with Crippen LogP contribution in [0, 0.1) is 11.8 Å². The molecule has 2 aliphatic rings. The first-order valence-electron chi connectivity index (χ1n) is 7.06. The maximum Gasteiger partial charge on any atom is 0.222 e. The molecule has 3 rings (SSSR count). The SMILES string of the molecule is O=C(CCc1cc(Cl)ccc1Br)N1C[C@H]2CNC[C@H]2C1. The predicted molar refractivity (Wildman–Crippen MR) is 83.9 cm³/mol. The first-order chi connectivity index (χ1) is 9.63. The topological polar surface area (TPSA) is 32.3 Å². The molecule has 0 radical (unpaired) electrons. The number of hydrogen-bond donors (Lipinski definition) is 1. The molecule has 2 saturated heterocycles. The lowest BCUT2D eigenvalue weighted by Gasteiger charge is -2.17. The van der Waals surface area contributed by atoms with Gasteiger partial charge in [0, 0.05) is 42.1 Å². The van der Waals surface area contributed by atoms with Gasteiger partial charge in [0.25, 0.3) is 0 Å². The molecule has 2 atom stereocenters. The number of aryl methyl sites for hydroxylation is 1. The molecule has 20 heavy (non-hydrogen) atoms. The number of carbonyl (C=O) groups excluding carboxylic acids is 1. The van der Waals surface area contributed by atoms with E-state index in [1.54, 1.807) is 0 Å². The van der Waals surface area contributed by atoms with Gasteiger partial charge in [-0.1, -0.05) is 27.5 Å². The van der Waals surface area contributed by atoms with E-state index in [-0.39, 0.29) is 5.91 Å². The third-order valence-electron chi connectivity index (χ3n) is 4.36. The average Bonchev–Trinajstić information content (AvgIpc) is 3.00. The van der Waals surface area contributed by atoms with Gasteiger partial charge in [-0.25, -0.2) is 0 Å².